The van der Waals surface area contributed by atoms with Crippen molar-refractivity contribution in [2.24, 2.45) is 0 Å². The van der Waals surface area contributed by atoms with E-state index in [2.05, 4.69) is 23.5 Å². The fourth-order valence-corrected chi connectivity index (χ4v) is 0.905. The van der Waals surface area contributed by atoms with Crippen molar-refractivity contribution in [3.05, 3.63) is 0 Å². The van der Waals surface area contributed by atoms with Crippen molar-refractivity contribution in [2.45, 2.75) is 26.7 Å². The average Bonchev–Trinajstić information content (AvgIpc) is 2.01. The molecule has 0 aromatic carbocycles. The van der Waals surface area contributed by atoms with Crippen LogP contribution in [0.2, 0.25) is 0 Å². The topological polar surface area (TPSA) is 38.7 Å². The van der Waals surface area contributed by atoms with Crippen molar-refractivity contribution in [2.75, 3.05) is 6.61 Å². The highest BCUT2D eigenvalue weighted by Gasteiger charge is 2.03. The molecule has 0 aliphatic rings. The molecular weight excluding hydrogens is 163 g/mol. The predicted molar refractivity (Wildman–Crippen MR) is 44.5 cm³/mol. The summed E-state index contributed by atoms with van der Waals surface area (Å²) in [5.41, 5.74) is 0. The summed E-state index contributed by atoms with van der Waals surface area (Å²) in [6.45, 7) is 4.22. The SMILES string of the molecule is CC#COP(O)OCCCC. The highest BCUT2D eigenvalue weighted by molar-refractivity contribution is 7.40. The van der Waals surface area contributed by atoms with Crippen LogP contribution in [0.5, 0.6) is 0 Å². The monoisotopic (exact) mass is 176 g/mol. The van der Waals surface area contributed by atoms with Crippen molar-refractivity contribution in [1.29, 1.82) is 0 Å². The molecule has 0 bridgehead atoms. The van der Waals surface area contributed by atoms with Gasteiger partial charge in [-0.05, 0) is 6.42 Å². The van der Waals surface area contributed by atoms with Crippen molar-refractivity contribution < 1.29 is 13.9 Å². The molecule has 11 heavy (non-hydrogen) atoms. The minimum absolute atomic E-state index is 0.532. The van der Waals surface area contributed by atoms with Gasteiger partial charge >= 0.3 is 8.60 Å². The van der Waals surface area contributed by atoms with Crippen LogP contribution in [-0.2, 0) is 9.05 Å². The van der Waals surface area contributed by atoms with Crippen LogP contribution < -0.4 is 0 Å². The van der Waals surface area contributed by atoms with E-state index in [1.54, 1.807) is 6.92 Å². The number of unbranched alkanes of at least 4 members (excludes halogenated alkanes) is 1. The molecule has 1 atom stereocenters. The predicted octanol–water partition coefficient (Wildman–Crippen LogP) is 2.02. The summed E-state index contributed by atoms with van der Waals surface area (Å²) in [5.74, 6) is 2.49. The van der Waals surface area contributed by atoms with E-state index in [9.17, 15) is 0 Å². The van der Waals surface area contributed by atoms with Crippen LogP contribution in [0.25, 0.3) is 0 Å². The Labute approximate surface area is 68.7 Å². The number of rotatable bonds is 5. The molecule has 0 radical (unpaired) electrons. The minimum Gasteiger partial charge on any atom is -0.373 e. The molecule has 0 aliphatic carbocycles. The minimum atomic E-state index is -1.77. The number of hydrogen-bond donors (Lipinski definition) is 1. The molecule has 4 heteroatoms. The Bertz CT molecular complexity index is 138. The lowest BCUT2D eigenvalue weighted by Crippen LogP contribution is -1.88. The smallest absolute Gasteiger partial charge is 0.373 e. The molecule has 1 unspecified atom stereocenters. The van der Waals surface area contributed by atoms with E-state index in [0.29, 0.717) is 6.61 Å². The van der Waals surface area contributed by atoms with Gasteiger partial charge in [0.2, 0.25) is 0 Å². The molecule has 0 aromatic heterocycles. The van der Waals surface area contributed by atoms with Crippen LogP contribution >= 0.6 is 8.60 Å². The summed E-state index contributed by atoms with van der Waals surface area (Å²) in [6.07, 6.45) is 4.26. The average molecular weight is 176 g/mol. The maximum absolute atomic E-state index is 8.92. The van der Waals surface area contributed by atoms with E-state index in [0.717, 1.165) is 12.8 Å². The summed E-state index contributed by atoms with van der Waals surface area (Å²) >= 11 is 0. The Morgan fingerprint density at radius 2 is 2.27 bits per heavy atom. The van der Waals surface area contributed by atoms with Crippen molar-refractivity contribution in [3.8, 4) is 12.0 Å². The summed E-state index contributed by atoms with van der Waals surface area (Å²) in [4.78, 5) is 8.92. The Hall–Kier alpha value is -0.290. The first-order valence-corrected chi connectivity index (χ1v) is 4.65. The van der Waals surface area contributed by atoms with Gasteiger partial charge in [-0.25, -0.2) is 0 Å². The van der Waals surface area contributed by atoms with E-state index >= 15 is 0 Å². The Kier molecular flexibility index (Phi) is 7.61. The third-order valence-corrected chi connectivity index (χ3v) is 1.58. The van der Waals surface area contributed by atoms with Crippen LogP contribution in [0.4, 0.5) is 0 Å². The molecule has 0 aliphatic heterocycles. The van der Waals surface area contributed by atoms with Crippen LogP contribution in [0.1, 0.15) is 26.7 Å². The molecule has 0 aromatic rings. The van der Waals surface area contributed by atoms with Crippen LogP contribution in [-0.4, -0.2) is 11.5 Å². The van der Waals surface area contributed by atoms with Crippen LogP contribution in [0.3, 0.4) is 0 Å². The normalized spacial score (nSPS) is 11.5. The zero-order valence-electron chi connectivity index (χ0n) is 6.83. The van der Waals surface area contributed by atoms with Crippen molar-refractivity contribution in [1.82, 2.24) is 0 Å². The van der Waals surface area contributed by atoms with E-state index < -0.39 is 8.60 Å². The molecule has 3 nitrogen and oxygen atoms in total. The van der Waals surface area contributed by atoms with Gasteiger partial charge in [0, 0.05) is 6.92 Å². The van der Waals surface area contributed by atoms with Gasteiger partial charge in [-0.3, -0.25) is 0 Å². The summed E-state index contributed by atoms with van der Waals surface area (Å²) in [7, 11) is -1.77. The molecule has 0 amide bonds. The molecule has 64 valence electrons. The maximum atomic E-state index is 8.92. The second-order valence-electron chi connectivity index (χ2n) is 1.87. The van der Waals surface area contributed by atoms with Gasteiger partial charge in [0.15, 0.2) is 0 Å². The molecule has 0 saturated carbocycles. The third-order valence-electron chi connectivity index (χ3n) is 0.925. The first-order chi connectivity index (χ1) is 5.31. The molecule has 0 spiro atoms. The van der Waals surface area contributed by atoms with E-state index in [-0.39, 0.29) is 0 Å². The van der Waals surface area contributed by atoms with Gasteiger partial charge in [-0.1, -0.05) is 19.3 Å². The van der Waals surface area contributed by atoms with E-state index in [1.165, 1.54) is 0 Å². The summed E-state index contributed by atoms with van der Waals surface area (Å²) in [6, 6.07) is 0. The van der Waals surface area contributed by atoms with Gasteiger partial charge < -0.3 is 13.9 Å². The fraction of sp³-hybridized carbons (Fsp3) is 0.714. The lowest BCUT2D eigenvalue weighted by molar-refractivity contribution is 0.247. The lowest BCUT2D eigenvalue weighted by Gasteiger charge is -2.04. The van der Waals surface area contributed by atoms with Crippen LogP contribution in [0, 0.1) is 12.0 Å². The second kappa shape index (κ2) is 7.81. The number of hydrogen-bond acceptors (Lipinski definition) is 3. The zero-order valence-corrected chi connectivity index (χ0v) is 7.73. The van der Waals surface area contributed by atoms with Gasteiger partial charge in [-0.2, -0.15) is 0 Å². The molecule has 0 rings (SSSR count). The second-order valence-corrected chi connectivity index (χ2v) is 2.78. The first-order valence-electron chi connectivity index (χ1n) is 3.52. The quantitative estimate of drug-likeness (QED) is 0.395. The van der Waals surface area contributed by atoms with Crippen molar-refractivity contribution in [3.63, 3.8) is 0 Å². The molecule has 0 heterocycles. The standard InChI is InChI=1S/C7H13O3P/c1-3-5-7-10-11(8)9-6-4-2/h8H,3,5,7H2,1-2H3. The van der Waals surface area contributed by atoms with E-state index in [1.807, 2.05) is 0 Å². The Morgan fingerprint density at radius 1 is 1.55 bits per heavy atom. The largest absolute Gasteiger partial charge is 0.403 e. The fourth-order valence-electron chi connectivity index (χ4n) is 0.398. The Morgan fingerprint density at radius 3 is 2.82 bits per heavy atom. The van der Waals surface area contributed by atoms with Gasteiger partial charge in [-0.15, -0.1) is 0 Å². The van der Waals surface area contributed by atoms with Gasteiger partial charge in [0.25, 0.3) is 0 Å². The van der Waals surface area contributed by atoms with Crippen LogP contribution in [0.15, 0.2) is 0 Å². The maximum Gasteiger partial charge on any atom is 0.403 e. The molecular formula is C7H13O3P. The summed E-state index contributed by atoms with van der Waals surface area (Å²) < 4.78 is 9.45. The van der Waals surface area contributed by atoms with Gasteiger partial charge in [0.05, 0.1) is 6.61 Å². The highest BCUT2D eigenvalue weighted by Crippen LogP contribution is 2.31. The van der Waals surface area contributed by atoms with E-state index in [4.69, 9.17) is 9.42 Å². The Balaban J connectivity index is 3.19. The third kappa shape index (κ3) is 7.61. The molecule has 0 saturated heterocycles. The zero-order chi connectivity index (χ0) is 8.53. The van der Waals surface area contributed by atoms with Gasteiger partial charge in [0.1, 0.15) is 6.11 Å². The van der Waals surface area contributed by atoms with Crippen molar-refractivity contribution >= 4 is 8.60 Å². The molecule has 0 fully saturated rings. The first kappa shape index (κ1) is 10.7. The summed E-state index contributed by atoms with van der Waals surface area (Å²) in [5, 5.41) is 0. The molecule has 1 N–H and O–H groups in total. The lowest BCUT2D eigenvalue weighted by atomic mass is 10.4. The highest BCUT2D eigenvalue weighted by atomic mass is 31.2.